The minimum atomic E-state index is -3.87. The maximum absolute atomic E-state index is 12.6. The van der Waals surface area contributed by atoms with Crippen molar-refractivity contribution in [3.8, 4) is 5.75 Å². The van der Waals surface area contributed by atoms with Crippen LogP contribution < -0.4 is 9.08 Å². The maximum Gasteiger partial charge on any atom is 0.339 e. The number of rotatable bonds is 4. The number of nitrogens with zero attached hydrogens (tertiary/aromatic N) is 1. The molecule has 2 aliphatic rings. The average Bonchev–Trinajstić information content (AvgIpc) is 3.07. The lowest BCUT2D eigenvalue weighted by atomic mass is 9.92. The third kappa shape index (κ3) is 3.33. The van der Waals surface area contributed by atoms with Crippen molar-refractivity contribution in [2.75, 3.05) is 11.4 Å². The van der Waals surface area contributed by atoms with Gasteiger partial charge in [-0.3, -0.25) is 4.79 Å². The van der Waals surface area contributed by atoms with Gasteiger partial charge in [0.1, 0.15) is 10.6 Å². The Hall–Kier alpha value is -2.34. The summed E-state index contributed by atoms with van der Waals surface area (Å²) in [7, 11) is -3.87. The van der Waals surface area contributed by atoms with Crippen LogP contribution in [-0.2, 0) is 27.8 Å². The highest BCUT2D eigenvalue weighted by atomic mass is 32.2. The summed E-state index contributed by atoms with van der Waals surface area (Å²) >= 11 is 0. The van der Waals surface area contributed by atoms with E-state index in [4.69, 9.17) is 4.18 Å². The minimum absolute atomic E-state index is 0.0975. The predicted molar refractivity (Wildman–Crippen MR) is 98.9 cm³/mol. The van der Waals surface area contributed by atoms with E-state index in [-0.39, 0.29) is 16.6 Å². The molecule has 1 saturated heterocycles. The Bertz CT molecular complexity index is 935. The summed E-state index contributed by atoms with van der Waals surface area (Å²) in [5.74, 6) is 0.346. The van der Waals surface area contributed by atoms with Crippen molar-refractivity contribution in [1.29, 1.82) is 0 Å². The zero-order chi connectivity index (χ0) is 18.1. The molecule has 0 aromatic heterocycles. The molecule has 0 N–H and O–H groups in total. The van der Waals surface area contributed by atoms with E-state index in [0.717, 1.165) is 43.4 Å². The molecule has 136 valence electrons. The molecule has 0 spiro atoms. The summed E-state index contributed by atoms with van der Waals surface area (Å²) in [6.07, 6.45) is 5.58. The summed E-state index contributed by atoms with van der Waals surface area (Å²) in [4.78, 5) is 13.7. The number of aryl methyl sites for hydroxylation is 2. The van der Waals surface area contributed by atoms with Crippen LogP contribution in [0.25, 0.3) is 0 Å². The molecule has 2 aromatic carbocycles. The van der Waals surface area contributed by atoms with Gasteiger partial charge < -0.3 is 9.08 Å². The third-order valence-electron chi connectivity index (χ3n) is 5.04. The first-order valence-electron chi connectivity index (χ1n) is 9.00. The van der Waals surface area contributed by atoms with Gasteiger partial charge in [0.2, 0.25) is 5.91 Å². The highest BCUT2D eigenvalue weighted by Crippen LogP contribution is 2.28. The molecule has 1 aliphatic heterocycles. The van der Waals surface area contributed by atoms with Gasteiger partial charge in [-0.25, -0.2) is 0 Å². The standard InChI is InChI=1S/C20H21NO4S/c22-20-6-3-13-21(20)17-8-10-18(11-9-17)25-26(23,24)19-12-7-15-4-1-2-5-16(15)14-19/h7-12,14H,1-6,13H2. The second kappa shape index (κ2) is 6.76. The molecule has 26 heavy (non-hydrogen) atoms. The van der Waals surface area contributed by atoms with Crippen LogP contribution in [0.2, 0.25) is 0 Å². The molecule has 1 heterocycles. The van der Waals surface area contributed by atoms with Crippen molar-refractivity contribution < 1.29 is 17.4 Å². The first-order valence-corrected chi connectivity index (χ1v) is 10.4. The average molecular weight is 371 g/mol. The van der Waals surface area contributed by atoms with E-state index in [9.17, 15) is 13.2 Å². The molecule has 4 rings (SSSR count). The molecule has 0 saturated carbocycles. The van der Waals surface area contributed by atoms with Gasteiger partial charge in [-0.2, -0.15) is 8.42 Å². The first kappa shape index (κ1) is 17.1. The van der Waals surface area contributed by atoms with Crippen LogP contribution in [0.4, 0.5) is 5.69 Å². The number of anilines is 1. The molecule has 2 aromatic rings. The normalized spacial score (nSPS) is 17.2. The van der Waals surface area contributed by atoms with Gasteiger partial charge in [-0.1, -0.05) is 6.07 Å². The Balaban J connectivity index is 1.53. The predicted octanol–water partition coefficient (Wildman–Crippen LogP) is 3.46. The fourth-order valence-corrected chi connectivity index (χ4v) is 4.62. The Labute approximate surface area is 153 Å². The summed E-state index contributed by atoms with van der Waals surface area (Å²) in [5, 5.41) is 0. The van der Waals surface area contributed by atoms with Gasteiger partial charge in [-0.05, 0) is 79.6 Å². The molecule has 6 heteroatoms. The second-order valence-electron chi connectivity index (χ2n) is 6.82. The second-order valence-corrected chi connectivity index (χ2v) is 8.36. The van der Waals surface area contributed by atoms with Gasteiger partial charge in [0, 0.05) is 18.7 Å². The maximum atomic E-state index is 12.6. The molecule has 0 bridgehead atoms. The summed E-state index contributed by atoms with van der Waals surface area (Å²) in [5.41, 5.74) is 3.10. The lowest BCUT2D eigenvalue weighted by molar-refractivity contribution is -0.117. The number of amides is 1. The van der Waals surface area contributed by atoms with Crippen LogP contribution in [0.1, 0.15) is 36.8 Å². The largest absolute Gasteiger partial charge is 0.379 e. The van der Waals surface area contributed by atoms with E-state index in [1.165, 1.54) is 5.56 Å². The van der Waals surface area contributed by atoms with E-state index < -0.39 is 10.1 Å². The fourth-order valence-electron chi connectivity index (χ4n) is 3.64. The summed E-state index contributed by atoms with van der Waals surface area (Å²) in [6.45, 7) is 0.701. The van der Waals surface area contributed by atoms with Gasteiger partial charge in [0.05, 0.1) is 0 Å². The van der Waals surface area contributed by atoms with Crippen LogP contribution in [0, 0.1) is 0 Å². The van der Waals surface area contributed by atoms with Crippen molar-refractivity contribution in [3.63, 3.8) is 0 Å². The van der Waals surface area contributed by atoms with Crippen molar-refractivity contribution in [2.24, 2.45) is 0 Å². The van der Waals surface area contributed by atoms with Gasteiger partial charge in [0.15, 0.2) is 0 Å². The van der Waals surface area contributed by atoms with Crippen LogP contribution in [0.3, 0.4) is 0 Å². The molecule has 1 amide bonds. The van der Waals surface area contributed by atoms with E-state index >= 15 is 0 Å². The highest BCUT2D eigenvalue weighted by molar-refractivity contribution is 7.87. The van der Waals surface area contributed by atoms with Crippen molar-refractivity contribution in [1.82, 2.24) is 0 Å². The lowest BCUT2D eigenvalue weighted by Crippen LogP contribution is -2.23. The number of carbonyl (C=O) groups excluding carboxylic acids is 1. The molecule has 0 radical (unpaired) electrons. The Kier molecular flexibility index (Phi) is 4.44. The van der Waals surface area contributed by atoms with E-state index in [2.05, 4.69) is 0 Å². The van der Waals surface area contributed by atoms with Crippen LogP contribution in [-0.4, -0.2) is 20.9 Å². The van der Waals surface area contributed by atoms with Crippen LogP contribution in [0.5, 0.6) is 5.75 Å². The molecule has 1 aliphatic carbocycles. The van der Waals surface area contributed by atoms with E-state index in [1.807, 2.05) is 6.07 Å². The number of fused-ring (bicyclic) bond motifs is 1. The number of carbonyl (C=O) groups is 1. The van der Waals surface area contributed by atoms with Gasteiger partial charge in [-0.15, -0.1) is 0 Å². The molecule has 0 unspecified atom stereocenters. The molecule has 1 fully saturated rings. The quantitative estimate of drug-likeness (QED) is 0.772. The molecular formula is C20H21NO4S. The van der Waals surface area contributed by atoms with Gasteiger partial charge >= 0.3 is 10.1 Å². The third-order valence-corrected chi connectivity index (χ3v) is 6.28. The topological polar surface area (TPSA) is 63.7 Å². The van der Waals surface area contributed by atoms with Crippen LogP contribution >= 0.6 is 0 Å². The number of hydrogen-bond acceptors (Lipinski definition) is 4. The molecular weight excluding hydrogens is 350 g/mol. The van der Waals surface area contributed by atoms with Gasteiger partial charge in [0.25, 0.3) is 0 Å². The summed E-state index contributed by atoms with van der Waals surface area (Å²) < 4.78 is 30.5. The fraction of sp³-hybridized carbons (Fsp3) is 0.350. The highest BCUT2D eigenvalue weighted by Gasteiger charge is 2.23. The minimum Gasteiger partial charge on any atom is -0.379 e. The first-order chi connectivity index (χ1) is 12.5. The Morgan fingerprint density at radius 2 is 1.58 bits per heavy atom. The Morgan fingerprint density at radius 1 is 0.846 bits per heavy atom. The lowest BCUT2D eigenvalue weighted by Gasteiger charge is -2.17. The zero-order valence-electron chi connectivity index (χ0n) is 14.5. The SMILES string of the molecule is O=C1CCCN1c1ccc(OS(=O)(=O)c2ccc3c(c2)CCCC3)cc1. The van der Waals surface area contributed by atoms with E-state index in [1.54, 1.807) is 41.3 Å². The summed E-state index contributed by atoms with van der Waals surface area (Å²) in [6, 6.07) is 11.9. The number of hydrogen-bond donors (Lipinski definition) is 0. The number of benzene rings is 2. The van der Waals surface area contributed by atoms with Crippen molar-refractivity contribution >= 4 is 21.7 Å². The van der Waals surface area contributed by atoms with E-state index in [0.29, 0.717) is 13.0 Å². The molecule has 0 atom stereocenters. The van der Waals surface area contributed by atoms with Crippen molar-refractivity contribution in [2.45, 2.75) is 43.4 Å². The van der Waals surface area contributed by atoms with Crippen molar-refractivity contribution in [3.05, 3.63) is 53.6 Å². The molecule has 5 nitrogen and oxygen atoms in total. The smallest absolute Gasteiger partial charge is 0.339 e. The monoisotopic (exact) mass is 371 g/mol. The Morgan fingerprint density at radius 3 is 2.27 bits per heavy atom. The van der Waals surface area contributed by atoms with Crippen LogP contribution in [0.15, 0.2) is 47.4 Å². The zero-order valence-corrected chi connectivity index (χ0v) is 15.3.